The number of carbonyl (C=O) groups is 1. The Labute approximate surface area is 138 Å². The number of nitriles is 1. The molecule has 2 aromatic carbocycles. The van der Waals surface area contributed by atoms with E-state index >= 15 is 0 Å². The minimum Gasteiger partial charge on any atom is -0.426 e. The van der Waals surface area contributed by atoms with Crippen molar-refractivity contribution in [3.05, 3.63) is 54.1 Å². The van der Waals surface area contributed by atoms with E-state index in [-0.39, 0.29) is 5.97 Å². The van der Waals surface area contributed by atoms with Crippen molar-refractivity contribution in [2.24, 2.45) is 0 Å². The van der Waals surface area contributed by atoms with Gasteiger partial charge in [-0.15, -0.1) is 0 Å². The molecule has 1 aromatic heterocycles. The van der Waals surface area contributed by atoms with Crippen LogP contribution in [0.5, 0.6) is 5.75 Å². The summed E-state index contributed by atoms with van der Waals surface area (Å²) in [6.45, 7) is 3.71. The van der Waals surface area contributed by atoms with Crippen LogP contribution in [0.2, 0.25) is 0 Å². The number of carbonyl (C=O) groups excluding carboxylic acids is 1. The van der Waals surface area contributed by atoms with Crippen LogP contribution < -0.4 is 4.74 Å². The first-order chi connectivity index (χ1) is 11.5. The summed E-state index contributed by atoms with van der Waals surface area (Å²) < 4.78 is 6.91. The molecule has 6 heteroatoms. The summed E-state index contributed by atoms with van der Waals surface area (Å²) in [5.74, 6) is 0.326. The zero-order chi connectivity index (χ0) is 16.9. The fraction of sp³-hybridized carbons (Fsp3) is 0.222. The van der Waals surface area contributed by atoms with Gasteiger partial charge in [-0.2, -0.15) is 10.4 Å². The molecule has 0 bridgehead atoms. The molecule has 1 atom stereocenters. The fourth-order valence-electron chi connectivity index (χ4n) is 3.18. The summed E-state index contributed by atoms with van der Waals surface area (Å²) in [5, 5.41) is 15.5. The third kappa shape index (κ3) is 1.91. The number of aromatic nitrogens is 3. The van der Waals surface area contributed by atoms with Gasteiger partial charge in [0.15, 0.2) is 6.04 Å². The van der Waals surface area contributed by atoms with Crippen LogP contribution in [0.15, 0.2) is 43.0 Å². The summed E-state index contributed by atoms with van der Waals surface area (Å²) >= 11 is 0. The third-order valence-electron chi connectivity index (χ3n) is 4.48. The maximum absolute atomic E-state index is 12.2. The highest BCUT2D eigenvalue weighted by atomic mass is 16.5. The summed E-state index contributed by atoms with van der Waals surface area (Å²) in [7, 11) is 0. The minimum atomic E-state index is -0.719. The largest absolute Gasteiger partial charge is 0.426 e. The standard InChI is InChI=1S/C18H14N4O2/c1-18(2)16-13-7-12(14(8-19)22-10-20-9-21-22)4-3-11(13)5-6-15(16)24-17(18)23/h3-7,9-10,14H,1-2H3. The molecule has 4 rings (SSSR count). The highest BCUT2D eigenvalue weighted by molar-refractivity contribution is 6.00. The molecule has 0 fully saturated rings. The number of esters is 1. The molecule has 118 valence electrons. The quantitative estimate of drug-likeness (QED) is 0.536. The van der Waals surface area contributed by atoms with E-state index in [1.807, 2.05) is 44.2 Å². The Morgan fingerprint density at radius 1 is 1.29 bits per heavy atom. The summed E-state index contributed by atoms with van der Waals surface area (Å²) in [6, 6.07) is 11.2. The second-order valence-electron chi connectivity index (χ2n) is 6.34. The number of ether oxygens (including phenoxy) is 1. The monoisotopic (exact) mass is 318 g/mol. The third-order valence-corrected chi connectivity index (χ3v) is 4.48. The maximum atomic E-state index is 12.2. The van der Waals surface area contributed by atoms with Gasteiger partial charge in [0.2, 0.25) is 0 Å². The number of rotatable bonds is 2. The molecule has 24 heavy (non-hydrogen) atoms. The number of hydrogen-bond donors (Lipinski definition) is 0. The van der Waals surface area contributed by atoms with Crippen molar-refractivity contribution in [1.29, 1.82) is 5.26 Å². The molecule has 2 heterocycles. The fourth-order valence-corrected chi connectivity index (χ4v) is 3.18. The average molecular weight is 318 g/mol. The maximum Gasteiger partial charge on any atom is 0.321 e. The lowest BCUT2D eigenvalue weighted by Gasteiger charge is -2.17. The van der Waals surface area contributed by atoms with E-state index in [1.165, 1.54) is 17.3 Å². The second kappa shape index (κ2) is 4.90. The van der Waals surface area contributed by atoms with E-state index in [4.69, 9.17) is 4.74 Å². The van der Waals surface area contributed by atoms with Crippen LogP contribution in [0.1, 0.15) is 31.0 Å². The Morgan fingerprint density at radius 2 is 2.08 bits per heavy atom. The Balaban J connectivity index is 1.95. The van der Waals surface area contributed by atoms with E-state index in [1.54, 1.807) is 0 Å². The van der Waals surface area contributed by atoms with Gasteiger partial charge in [-0.25, -0.2) is 9.67 Å². The smallest absolute Gasteiger partial charge is 0.321 e. The zero-order valence-corrected chi connectivity index (χ0v) is 13.2. The van der Waals surface area contributed by atoms with Crippen LogP contribution >= 0.6 is 0 Å². The summed E-state index contributed by atoms with van der Waals surface area (Å²) in [6.07, 6.45) is 2.92. The highest BCUT2D eigenvalue weighted by Crippen LogP contribution is 2.44. The molecule has 0 N–H and O–H groups in total. The van der Waals surface area contributed by atoms with Crippen molar-refractivity contribution in [3.8, 4) is 11.8 Å². The Kier molecular flexibility index (Phi) is 2.94. The van der Waals surface area contributed by atoms with E-state index < -0.39 is 11.5 Å². The highest BCUT2D eigenvalue weighted by Gasteiger charge is 2.42. The van der Waals surface area contributed by atoms with Gasteiger partial charge in [0, 0.05) is 5.56 Å². The average Bonchev–Trinajstić information content (AvgIpc) is 3.16. The van der Waals surface area contributed by atoms with E-state index in [0.717, 1.165) is 21.9 Å². The molecule has 1 aliphatic rings. The lowest BCUT2D eigenvalue weighted by atomic mass is 9.82. The second-order valence-corrected chi connectivity index (χ2v) is 6.34. The summed E-state index contributed by atoms with van der Waals surface area (Å²) in [4.78, 5) is 16.1. The minimum absolute atomic E-state index is 0.261. The number of fused-ring (bicyclic) bond motifs is 3. The number of hydrogen-bond acceptors (Lipinski definition) is 5. The molecule has 0 saturated carbocycles. The van der Waals surface area contributed by atoms with Gasteiger partial charge in [0.1, 0.15) is 18.4 Å². The van der Waals surface area contributed by atoms with Gasteiger partial charge >= 0.3 is 5.97 Å². The summed E-state index contributed by atoms with van der Waals surface area (Å²) in [5.41, 5.74) is 0.934. The number of benzene rings is 2. The van der Waals surface area contributed by atoms with Gasteiger partial charge in [-0.05, 0) is 42.3 Å². The van der Waals surface area contributed by atoms with Gasteiger partial charge < -0.3 is 4.74 Å². The van der Waals surface area contributed by atoms with Gasteiger partial charge in [-0.1, -0.05) is 18.2 Å². The molecule has 1 aliphatic heterocycles. The first-order valence-corrected chi connectivity index (χ1v) is 7.55. The molecule has 0 saturated heterocycles. The van der Waals surface area contributed by atoms with Crippen LogP contribution in [0.4, 0.5) is 0 Å². The predicted octanol–water partition coefficient (Wildman–Crippen LogP) is 2.74. The van der Waals surface area contributed by atoms with Crippen molar-refractivity contribution in [2.75, 3.05) is 0 Å². The van der Waals surface area contributed by atoms with Gasteiger partial charge in [0.05, 0.1) is 11.5 Å². The molecular weight excluding hydrogens is 304 g/mol. The zero-order valence-electron chi connectivity index (χ0n) is 13.2. The Hall–Kier alpha value is -3.20. The topological polar surface area (TPSA) is 80.8 Å². The van der Waals surface area contributed by atoms with Crippen molar-refractivity contribution in [3.63, 3.8) is 0 Å². The van der Waals surface area contributed by atoms with Gasteiger partial charge in [-0.3, -0.25) is 4.79 Å². The van der Waals surface area contributed by atoms with Crippen molar-refractivity contribution < 1.29 is 9.53 Å². The van der Waals surface area contributed by atoms with Crippen LogP contribution in [0, 0.1) is 11.3 Å². The predicted molar refractivity (Wildman–Crippen MR) is 86.4 cm³/mol. The van der Waals surface area contributed by atoms with E-state index in [2.05, 4.69) is 16.2 Å². The van der Waals surface area contributed by atoms with E-state index in [0.29, 0.717) is 5.75 Å². The van der Waals surface area contributed by atoms with Crippen molar-refractivity contribution in [1.82, 2.24) is 14.8 Å². The van der Waals surface area contributed by atoms with Crippen molar-refractivity contribution in [2.45, 2.75) is 25.3 Å². The SMILES string of the molecule is CC1(C)C(=O)Oc2ccc3ccc(C(C#N)n4cncn4)cc3c21. The molecule has 0 spiro atoms. The molecule has 0 amide bonds. The Bertz CT molecular complexity index is 1000. The van der Waals surface area contributed by atoms with Crippen LogP contribution in [-0.2, 0) is 10.2 Å². The van der Waals surface area contributed by atoms with Gasteiger partial charge in [0.25, 0.3) is 0 Å². The van der Waals surface area contributed by atoms with Crippen LogP contribution in [0.3, 0.4) is 0 Å². The molecule has 6 nitrogen and oxygen atoms in total. The van der Waals surface area contributed by atoms with E-state index in [9.17, 15) is 10.1 Å². The molecule has 0 radical (unpaired) electrons. The first kappa shape index (κ1) is 14.4. The normalized spacial score (nSPS) is 16.5. The first-order valence-electron chi connectivity index (χ1n) is 7.55. The molecule has 1 unspecified atom stereocenters. The van der Waals surface area contributed by atoms with Crippen LogP contribution in [0.25, 0.3) is 10.8 Å². The lowest BCUT2D eigenvalue weighted by molar-refractivity contribution is -0.137. The molecule has 3 aromatic rings. The van der Waals surface area contributed by atoms with Crippen molar-refractivity contribution >= 4 is 16.7 Å². The lowest BCUT2D eigenvalue weighted by Crippen LogP contribution is -2.26. The number of nitrogens with zero attached hydrogens (tertiary/aromatic N) is 4. The van der Waals surface area contributed by atoms with Crippen LogP contribution in [-0.4, -0.2) is 20.7 Å². The molecule has 0 aliphatic carbocycles. The Morgan fingerprint density at radius 3 is 2.79 bits per heavy atom. The molecular formula is C18H14N4O2.